The first-order valence-corrected chi connectivity index (χ1v) is 4.78. The van der Waals surface area contributed by atoms with Gasteiger partial charge in [-0.25, -0.2) is 4.98 Å². The highest BCUT2D eigenvalue weighted by molar-refractivity contribution is 5.08. The number of aromatic amines is 1. The molecule has 0 amide bonds. The van der Waals surface area contributed by atoms with Crippen molar-refractivity contribution >= 4 is 0 Å². The van der Waals surface area contributed by atoms with E-state index >= 15 is 0 Å². The van der Waals surface area contributed by atoms with Crippen LogP contribution in [0.1, 0.15) is 25.2 Å². The van der Waals surface area contributed by atoms with Crippen molar-refractivity contribution < 1.29 is 4.74 Å². The van der Waals surface area contributed by atoms with Crippen LogP contribution in [0.15, 0.2) is 6.33 Å². The molecule has 0 saturated carbocycles. The molecule has 0 saturated heterocycles. The van der Waals surface area contributed by atoms with Crippen LogP contribution in [0.4, 0.5) is 0 Å². The molecule has 2 N–H and O–H groups in total. The fraction of sp³-hybridized carbons (Fsp3) is 0.700. The zero-order chi connectivity index (χ0) is 10.6. The van der Waals surface area contributed by atoms with E-state index in [0.29, 0.717) is 6.61 Å². The summed E-state index contributed by atoms with van der Waals surface area (Å²) in [6, 6.07) is 0. The lowest BCUT2D eigenvalue weighted by molar-refractivity contribution is 0.127. The summed E-state index contributed by atoms with van der Waals surface area (Å²) in [6.07, 6.45) is 1.72. The van der Waals surface area contributed by atoms with Crippen molar-refractivity contribution in [3.05, 3.63) is 17.7 Å². The molecule has 0 aliphatic heterocycles. The minimum absolute atomic E-state index is 0.0137. The van der Waals surface area contributed by atoms with Gasteiger partial charge in [-0.05, 0) is 20.8 Å². The molecule has 80 valence electrons. The van der Waals surface area contributed by atoms with E-state index in [4.69, 9.17) is 4.74 Å². The van der Waals surface area contributed by atoms with Crippen LogP contribution in [-0.2, 0) is 11.3 Å². The molecule has 0 aromatic carbocycles. The molecular formula is C10H19N3O. The Kier molecular flexibility index (Phi) is 3.66. The van der Waals surface area contributed by atoms with E-state index in [-0.39, 0.29) is 5.54 Å². The Morgan fingerprint density at radius 2 is 2.29 bits per heavy atom. The van der Waals surface area contributed by atoms with Gasteiger partial charge in [-0.2, -0.15) is 0 Å². The highest BCUT2D eigenvalue weighted by atomic mass is 16.5. The lowest BCUT2D eigenvalue weighted by Gasteiger charge is -2.24. The molecule has 0 fully saturated rings. The third kappa shape index (κ3) is 3.12. The quantitative estimate of drug-likeness (QED) is 0.746. The molecule has 0 spiro atoms. The first kappa shape index (κ1) is 11.2. The van der Waals surface area contributed by atoms with Gasteiger partial charge in [0.2, 0.25) is 0 Å². The van der Waals surface area contributed by atoms with Gasteiger partial charge in [0.1, 0.15) is 0 Å². The van der Waals surface area contributed by atoms with Gasteiger partial charge in [-0.15, -0.1) is 0 Å². The van der Waals surface area contributed by atoms with Crippen LogP contribution >= 0.6 is 0 Å². The summed E-state index contributed by atoms with van der Waals surface area (Å²) in [6.45, 7) is 7.70. The van der Waals surface area contributed by atoms with Crippen molar-refractivity contribution in [2.45, 2.75) is 32.9 Å². The Morgan fingerprint density at radius 3 is 2.79 bits per heavy atom. The second-order valence-corrected chi connectivity index (χ2v) is 4.14. The van der Waals surface area contributed by atoms with Crippen LogP contribution in [0.3, 0.4) is 0 Å². The second kappa shape index (κ2) is 4.57. The summed E-state index contributed by atoms with van der Waals surface area (Å²) < 4.78 is 5.12. The van der Waals surface area contributed by atoms with Crippen LogP contribution < -0.4 is 5.32 Å². The maximum absolute atomic E-state index is 5.12. The molecule has 1 rings (SSSR count). The van der Waals surface area contributed by atoms with Gasteiger partial charge in [-0.3, -0.25) is 0 Å². The van der Waals surface area contributed by atoms with E-state index < -0.39 is 0 Å². The average Bonchev–Trinajstić information content (AvgIpc) is 2.48. The van der Waals surface area contributed by atoms with Gasteiger partial charge in [0, 0.05) is 24.9 Å². The van der Waals surface area contributed by atoms with E-state index in [0.717, 1.165) is 17.9 Å². The van der Waals surface area contributed by atoms with Crippen molar-refractivity contribution in [2.24, 2.45) is 0 Å². The lowest BCUT2D eigenvalue weighted by atomic mass is 10.1. The summed E-state index contributed by atoms with van der Waals surface area (Å²) in [4.78, 5) is 7.27. The fourth-order valence-electron chi connectivity index (χ4n) is 1.30. The molecule has 0 atom stereocenters. The maximum Gasteiger partial charge on any atom is 0.0925 e. The number of hydrogen-bond donors (Lipinski definition) is 2. The molecule has 1 aromatic heterocycles. The summed E-state index contributed by atoms with van der Waals surface area (Å²) in [5.41, 5.74) is 2.17. The predicted molar refractivity (Wildman–Crippen MR) is 56.1 cm³/mol. The third-order valence-corrected chi connectivity index (χ3v) is 2.17. The minimum atomic E-state index is -0.0137. The number of hydrogen-bond acceptors (Lipinski definition) is 3. The number of aromatic nitrogens is 2. The van der Waals surface area contributed by atoms with E-state index in [1.54, 1.807) is 13.4 Å². The lowest BCUT2D eigenvalue weighted by Crippen LogP contribution is -2.42. The number of nitrogens with zero attached hydrogens (tertiary/aromatic N) is 1. The zero-order valence-corrected chi connectivity index (χ0v) is 9.35. The Morgan fingerprint density at radius 1 is 1.57 bits per heavy atom. The number of nitrogens with one attached hydrogen (secondary N) is 2. The van der Waals surface area contributed by atoms with Gasteiger partial charge in [-0.1, -0.05) is 0 Å². The highest BCUT2D eigenvalue weighted by Crippen LogP contribution is 2.06. The molecule has 1 aromatic rings. The average molecular weight is 197 g/mol. The SMILES string of the molecule is COCC(C)(C)NCc1nc[nH]c1C. The normalized spacial score (nSPS) is 12.0. The van der Waals surface area contributed by atoms with Crippen molar-refractivity contribution in [1.82, 2.24) is 15.3 Å². The summed E-state index contributed by atoms with van der Waals surface area (Å²) in [5.74, 6) is 0. The first-order valence-electron chi connectivity index (χ1n) is 4.78. The van der Waals surface area contributed by atoms with Gasteiger partial charge in [0.05, 0.1) is 18.6 Å². The van der Waals surface area contributed by atoms with Crippen molar-refractivity contribution in [2.75, 3.05) is 13.7 Å². The second-order valence-electron chi connectivity index (χ2n) is 4.14. The van der Waals surface area contributed by atoms with Gasteiger partial charge in [0.15, 0.2) is 0 Å². The molecule has 0 unspecified atom stereocenters. The monoisotopic (exact) mass is 197 g/mol. The minimum Gasteiger partial charge on any atom is -0.383 e. The molecule has 0 aliphatic carbocycles. The Balaban J connectivity index is 2.44. The van der Waals surface area contributed by atoms with Gasteiger partial charge < -0.3 is 15.0 Å². The predicted octanol–water partition coefficient (Wildman–Crippen LogP) is 1.23. The summed E-state index contributed by atoms with van der Waals surface area (Å²) in [7, 11) is 1.71. The number of methoxy groups -OCH3 is 1. The topological polar surface area (TPSA) is 49.9 Å². The highest BCUT2D eigenvalue weighted by Gasteiger charge is 2.16. The molecular weight excluding hydrogens is 178 g/mol. The van der Waals surface area contributed by atoms with Crippen LogP contribution in [0, 0.1) is 6.92 Å². The fourth-order valence-corrected chi connectivity index (χ4v) is 1.30. The van der Waals surface area contributed by atoms with Crippen molar-refractivity contribution in [3.63, 3.8) is 0 Å². The molecule has 14 heavy (non-hydrogen) atoms. The molecule has 1 heterocycles. The molecule has 0 bridgehead atoms. The van der Waals surface area contributed by atoms with E-state index in [1.165, 1.54) is 0 Å². The van der Waals surface area contributed by atoms with Crippen LogP contribution in [0.25, 0.3) is 0 Å². The molecule has 4 nitrogen and oxygen atoms in total. The van der Waals surface area contributed by atoms with E-state index in [9.17, 15) is 0 Å². The largest absolute Gasteiger partial charge is 0.383 e. The molecule has 4 heteroatoms. The van der Waals surface area contributed by atoms with Gasteiger partial charge >= 0.3 is 0 Å². The van der Waals surface area contributed by atoms with Gasteiger partial charge in [0.25, 0.3) is 0 Å². The van der Waals surface area contributed by atoms with Crippen LogP contribution in [-0.4, -0.2) is 29.2 Å². The third-order valence-electron chi connectivity index (χ3n) is 2.17. The Labute approximate surface area is 85.1 Å². The number of ether oxygens (including phenoxy) is 1. The molecule has 0 aliphatic rings. The number of H-pyrrole nitrogens is 1. The summed E-state index contributed by atoms with van der Waals surface area (Å²) >= 11 is 0. The van der Waals surface area contributed by atoms with Crippen LogP contribution in [0.2, 0.25) is 0 Å². The van der Waals surface area contributed by atoms with Crippen molar-refractivity contribution in [3.8, 4) is 0 Å². The van der Waals surface area contributed by atoms with E-state index in [2.05, 4.69) is 29.1 Å². The summed E-state index contributed by atoms with van der Waals surface area (Å²) in [5, 5.41) is 3.40. The number of imidazole rings is 1. The van der Waals surface area contributed by atoms with Crippen molar-refractivity contribution in [1.29, 1.82) is 0 Å². The first-order chi connectivity index (χ1) is 6.55. The van der Waals surface area contributed by atoms with Crippen LogP contribution in [0.5, 0.6) is 0 Å². The maximum atomic E-state index is 5.12. The standard InChI is InChI=1S/C10H19N3O/c1-8-9(12-7-11-8)5-13-10(2,3)6-14-4/h7,13H,5-6H2,1-4H3,(H,11,12). The number of aryl methyl sites for hydroxylation is 1. The Hall–Kier alpha value is -0.870. The Bertz CT molecular complexity index is 281. The van der Waals surface area contributed by atoms with E-state index in [1.807, 2.05) is 6.92 Å². The zero-order valence-electron chi connectivity index (χ0n) is 9.35. The smallest absolute Gasteiger partial charge is 0.0925 e. The number of rotatable bonds is 5. The molecule has 0 radical (unpaired) electrons.